The Kier molecular flexibility index (Phi) is 6.31. The lowest BCUT2D eigenvalue weighted by molar-refractivity contribution is -0.118. The van der Waals surface area contributed by atoms with Gasteiger partial charge in [0.25, 0.3) is 5.91 Å². The van der Waals surface area contributed by atoms with Crippen LogP contribution in [0.5, 0.6) is 0 Å². The molecule has 1 saturated carbocycles. The predicted molar refractivity (Wildman–Crippen MR) is 91.1 cm³/mol. The standard InChI is InChI=1S/C17H24N4O3/c18-13-6-3-4-11(13)10-16(23)21-14-7-2-1-5-12(14)17(24)20-9-8-15(19)22/h1-2,5,7,11,13H,3-4,6,8-10,18H2,(H2,19,22)(H,20,24)(H,21,23)/t11-,13+/m0/s1. The summed E-state index contributed by atoms with van der Waals surface area (Å²) in [5, 5.41) is 5.40. The van der Waals surface area contributed by atoms with Crippen molar-refractivity contribution in [1.29, 1.82) is 0 Å². The molecule has 3 amide bonds. The Balaban J connectivity index is 1.96. The van der Waals surface area contributed by atoms with Gasteiger partial charge in [-0.2, -0.15) is 0 Å². The molecule has 0 heterocycles. The molecular weight excluding hydrogens is 308 g/mol. The van der Waals surface area contributed by atoms with Crippen molar-refractivity contribution in [1.82, 2.24) is 5.32 Å². The minimum Gasteiger partial charge on any atom is -0.370 e. The fourth-order valence-corrected chi connectivity index (χ4v) is 2.94. The van der Waals surface area contributed by atoms with Gasteiger partial charge in [-0.05, 0) is 30.9 Å². The first-order valence-corrected chi connectivity index (χ1v) is 8.18. The third kappa shape index (κ3) is 5.06. The largest absolute Gasteiger partial charge is 0.370 e. The first kappa shape index (κ1) is 17.9. The predicted octanol–water partition coefficient (Wildman–Crippen LogP) is 0.748. The highest BCUT2D eigenvalue weighted by molar-refractivity contribution is 6.03. The van der Waals surface area contributed by atoms with Gasteiger partial charge in [-0.15, -0.1) is 0 Å². The van der Waals surface area contributed by atoms with Crippen LogP contribution in [0.25, 0.3) is 0 Å². The van der Waals surface area contributed by atoms with Crippen molar-refractivity contribution in [3.63, 3.8) is 0 Å². The second-order valence-corrected chi connectivity index (χ2v) is 6.12. The molecule has 2 atom stereocenters. The normalized spacial score (nSPS) is 19.7. The molecule has 130 valence electrons. The third-order valence-corrected chi connectivity index (χ3v) is 4.27. The van der Waals surface area contributed by atoms with Gasteiger partial charge in [0.15, 0.2) is 0 Å². The van der Waals surface area contributed by atoms with E-state index in [1.807, 2.05) is 0 Å². The first-order valence-electron chi connectivity index (χ1n) is 8.18. The average Bonchev–Trinajstić information content (AvgIpc) is 2.92. The van der Waals surface area contributed by atoms with E-state index in [9.17, 15) is 14.4 Å². The van der Waals surface area contributed by atoms with Gasteiger partial charge < -0.3 is 22.1 Å². The second kappa shape index (κ2) is 8.44. The Morgan fingerprint density at radius 2 is 1.92 bits per heavy atom. The number of benzene rings is 1. The number of para-hydroxylation sites is 1. The summed E-state index contributed by atoms with van der Waals surface area (Å²) in [5.41, 5.74) is 11.8. The van der Waals surface area contributed by atoms with Crippen LogP contribution in [0.2, 0.25) is 0 Å². The molecule has 7 nitrogen and oxygen atoms in total. The molecule has 0 spiro atoms. The molecule has 2 rings (SSSR count). The number of amides is 3. The summed E-state index contributed by atoms with van der Waals surface area (Å²) in [7, 11) is 0. The van der Waals surface area contributed by atoms with E-state index in [0.29, 0.717) is 17.7 Å². The zero-order chi connectivity index (χ0) is 17.5. The van der Waals surface area contributed by atoms with Crippen LogP contribution in [0.15, 0.2) is 24.3 Å². The van der Waals surface area contributed by atoms with Crippen molar-refractivity contribution in [2.45, 2.75) is 38.1 Å². The number of hydrogen-bond donors (Lipinski definition) is 4. The summed E-state index contributed by atoms with van der Waals surface area (Å²) in [5.74, 6) is -0.786. The Hall–Kier alpha value is -2.41. The highest BCUT2D eigenvalue weighted by atomic mass is 16.2. The molecule has 0 saturated heterocycles. The van der Waals surface area contributed by atoms with E-state index in [-0.39, 0.29) is 36.7 Å². The molecular formula is C17H24N4O3. The lowest BCUT2D eigenvalue weighted by Crippen LogP contribution is -2.30. The molecule has 7 heteroatoms. The lowest BCUT2D eigenvalue weighted by Gasteiger charge is -2.16. The maximum absolute atomic E-state index is 12.2. The van der Waals surface area contributed by atoms with Gasteiger partial charge in [-0.25, -0.2) is 0 Å². The van der Waals surface area contributed by atoms with Crippen molar-refractivity contribution in [2.75, 3.05) is 11.9 Å². The Morgan fingerprint density at radius 3 is 2.58 bits per heavy atom. The van der Waals surface area contributed by atoms with E-state index >= 15 is 0 Å². The zero-order valence-electron chi connectivity index (χ0n) is 13.6. The summed E-state index contributed by atoms with van der Waals surface area (Å²) in [6, 6.07) is 6.83. The van der Waals surface area contributed by atoms with Crippen molar-refractivity contribution < 1.29 is 14.4 Å². The molecule has 0 radical (unpaired) electrons. The Labute approximate surface area is 141 Å². The number of anilines is 1. The van der Waals surface area contributed by atoms with Gasteiger partial charge in [0.05, 0.1) is 11.3 Å². The van der Waals surface area contributed by atoms with E-state index in [1.165, 1.54) is 0 Å². The molecule has 1 aliphatic carbocycles. The molecule has 24 heavy (non-hydrogen) atoms. The number of nitrogens with two attached hydrogens (primary N) is 2. The van der Waals surface area contributed by atoms with Gasteiger partial charge in [-0.3, -0.25) is 14.4 Å². The Morgan fingerprint density at radius 1 is 1.17 bits per heavy atom. The molecule has 1 fully saturated rings. The zero-order valence-corrected chi connectivity index (χ0v) is 13.6. The van der Waals surface area contributed by atoms with Crippen LogP contribution in [0.1, 0.15) is 42.5 Å². The molecule has 0 aromatic heterocycles. The van der Waals surface area contributed by atoms with E-state index in [1.54, 1.807) is 24.3 Å². The number of carbonyl (C=O) groups excluding carboxylic acids is 3. The van der Waals surface area contributed by atoms with Gasteiger partial charge in [0.1, 0.15) is 0 Å². The van der Waals surface area contributed by atoms with Crippen LogP contribution in [0, 0.1) is 5.92 Å². The van der Waals surface area contributed by atoms with Crippen molar-refractivity contribution in [2.24, 2.45) is 17.4 Å². The topological polar surface area (TPSA) is 127 Å². The van der Waals surface area contributed by atoms with E-state index in [0.717, 1.165) is 19.3 Å². The summed E-state index contributed by atoms with van der Waals surface area (Å²) in [6.45, 7) is 0.160. The molecule has 6 N–H and O–H groups in total. The summed E-state index contributed by atoms with van der Waals surface area (Å²) < 4.78 is 0. The monoisotopic (exact) mass is 332 g/mol. The number of rotatable bonds is 7. The van der Waals surface area contributed by atoms with E-state index in [4.69, 9.17) is 11.5 Å². The number of nitrogens with one attached hydrogen (secondary N) is 2. The van der Waals surface area contributed by atoms with Crippen LogP contribution < -0.4 is 22.1 Å². The first-order chi connectivity index (χ1) is 11.5. The molecule has 1 aromatic carbocycles. The van der Waals surface area contributed by atoms with E-state index < -0.39 is 5.91 Å². The highest BCUT2D eigenvalue weighted by Crippen LogP contribution is 2.27. The fourth-order valence-electron chi connectivity index (χ4n) is 2.94. The van der Waals surface area contributed by atoms with Crippen LogP contribution in [-0.2, 0) is 9.59 Å². The number of carbonyl (C=O) groups is 3. The summed E-state index contributed by atoms with van der Waals surface area (Å²) in [6.07, 6.45) is 3.40. The van der Waals surface area contributed by atoms with E-state index in [2.05, 4.69) is 10.6 Å². The second-order valence-electron chi connectivity index (χ2n) is 6.12. The SMILES string of the molecule is NC(=O)CCNC(=O)c1ccccc1NC(=O)C[C@@H]1CCC[C@H]1N. The van der Waals surface area contributed by atoms with Crippen molar-refractivity contribution in [3.05, 3.63) is 29.8 Å². The van der Waals surface area contributed by atoms with Crippen LogP contribution >= 0.6 is 0 Å². The van der Waals surface area contributed by atoms with Gasteiger partial charge in [0.2, 0.25) is 11.8 Å². The fraction of sp³-hybridized carbons (Fsp3) is 0.471. The van der Waals surface area contributed by atoms with Gasteiger partial charge in [-0.1, -0.05) is 18.6 Å². The van der Waals surface area contributed by atoms with Crippen molar-refractivity contribution in [3.8, 4) is 0 Å². The lowest BCUT2D eigenvalue weighted by atomic mass is 9.99. The number of hydrogen-bond acceptors (Lipinski definition) is 4. The highest BCUT2D eigenvalue weighted by Gasteiger charge is 2.26. The third-order valence-electron chi connectivity index (χ3n) is 4.27. The van der Waals surface area contributed by atoms with Crippen molar-refractivity contribution >= 4 is 23.4 Å². The minimum atomic E-state index is -0.482. The molecule has 1 aromatic rings. The Bertz CT molecular complexity index is 618. The van der Waals surface area contributed by atoms with Gasteiger partial charge in [0, 0.05) is 25.4 Å². The molecule has 1 aliphatic rings. The van der Waals surface area contributed by atoms with Gasteiger partial charge >= 0.3 is 0 Å². The maximum atomic E-state index is 12.2. The molecule has 0 aliphatic heterocycles. The summed E-state index contributed by atoms with van der Waals surface area (Å²) >= 11 is 0. The van der Waals surface area contributed by atoms with Crippen LogP contribution in [-0.4, -0.2) is 30.3 Å². The quantitative estimate of drug-likeness (QED) is 0.587. The summed E-state index contributed by atoms with van der Waals surface area (Å²) in [4.78, 5) is 35.1. The average molecular weight is 332 g/mol. The smallest absolute Gasteiger partial charge is 0.253 e. The van der Waals surface area contributed by atoms with Crippen LogP contribution in [0.3, 0.4) is 0 Å². The molecule has 0 unspecified atom stereocenters. The maximum Gasteiger partial charge on any atom is 0.253 e. The van der Waals surface area contributed by atoms with Crippen LogP contribution in [0.4, 0.5) is 5.69 Å². The molecule has 0 bridgehead atoms. The minimum absolute atomic E-state index is 0.0693. The number of primary amides is 1.